The van der Waals surface area contributed by atoms with E-state index in [-0.39, 0.29) is 21.9 Å². The molecule has 1 amide bonds. The lowest BCUT2D eigenvalue weighted by atomic mass is 10.1. The monoisotopic (exact) mass is 413 g/mol. The Hall–Kier alpha value is -3.46. The van der Waals surface area contributed by atoms with E-state index < -0.39 is 28.3 Å². The van der Waals surface area contributed by atoms with Crippen LogP contribution in [0.25, 0.3) is 10.8 Å². The minimum Gasteiger partial charge on any atom is -0.507 e. The van der Waals surface area contributed by atoms with Gasteiger partial charge in [0.05, 0.1) is 16.3 Å². The van der Waals surface area contributed by atoms with Gasteiger partial charge < -0.3 is 5.11 Å². The van der Waals surface area contributed by atoms with Gasteiger partial charge in [-0.3, -0.25) is 9.10 Å². The minimum absolute atomic E-state index is 0.122. The first-order valence-electron chi connectivity index (χ1n) is 8.65. The smallest absolute Gasteiger partial charge is 0.265 e. The number of sulfonamides is 1. The summed E-state index contributed by atoms with van der Waals surface area (Å²) in [5.41, 5.74) is 2.98. The lowest BCUT2D eigenvalue weighted by Gasteiger charge is -2.17. The van der Waals surface area contributed by atoms with E-state index in [4.69, 9.17) is 0 Å². The van der Waals surface area contributed by atoms with Gasteiger partial charge >= 0.3 is 0 Å². The van der Waals surface area contributed by atoms with Crippen molar-refractivity contribution >= 4 is 38.1 Å². The van der Waals surface area contributed by atoms with Gasteiger partial charge in [-0.25, -0.2) is 18.2 Å². The van der Waals surface area contributed by atoms with E-state index in [1.54, 1.807) is 30.3 Å². The first-order valence-corrected chi connectivity index (χ1v) is 10.1. The lowest BCUT2D eigenvalue weighted by molar-refractivity contribution is -0.119. The fourth-order valence-corrected chi connectivity index (χ4v) is 4.97. The summed E-state index contributed by atoms with van der Waals surface area (Å²) in [6.45, 7) is 1.01. The second kappa shape index (κ2) is 6.85. The molecule has 3 aromatic rings. The lowest BCUT2D eigenvalue weighted by Crippen LogP contribution is -2.37. The SMILES string of the molecule is C/C(=N\NC(=O)CN1c2cccc3cccc(c23)S1(=O)=O)c1cc(F)ccc1O. The fourth-order valence-electron chi connectivity index (χ4n) is 3.30. The van der Waals surface area contributed by atoms with Crippen molar-refractivity contribution in [1.29, 1.82) is 0 Å². The first-order chi connectivity index (χ1) is 13.8. The van der Waals surface area contributed by atoms with Gasteiger partial charge in [0, 0.05) is 10.9 Å². The number of benzene rings is 3. The van der Waals surface area contributed by atoms with Crippen LogP contribution in [-0.2, 0) is 14.8 Å². The zero-order valence-corrected chi connectivity index (χ0v) is 16.1. The van der Waals surface area contributed by atoms with Crippen LogP contribution in [0.2, 0.25) is 0 Å². The van der Waals surface area contributed by atoms with E-state index in [1.165, 1.54) is 19.1 Å². The van der Waals surface area contributed by atoms with Gasteiger partial charge in [-0.15, -0.1) is 0 Å². The Kier molecular flexibility index (Phi) is 4.46. The molecule has 7 nitrogen and oxygen atoms in total. The number of anilines is 1. The molecule has 1 heterocycles. The van der Waals surface area contributed by atoms with Gasteiger partial charge in [0.25, 0.3) is 15.9 Å². The number of phenolic OH excluding ortho intramolecular Hbond substituents is 1. The van der Waals surface area contributed by atoms with Crippen LogP contribution in [-0.4, -0.2) is 31.7 Å². The van der Waals surface area contributed by atoms with Crippen LogP contribution in [0.1, 0.15) is 12.5 Å². The molecule has 0 atom stereocenters. The highest BCUT2D eigenvalue weighted by atomic mass is 32.2. The number of hydrazone groups is 1. The molecule has 1 aliphatic heterocycles. The van der Waals surface area contributed by atoms with Crippen molar-refractivity contribution in [3.8, 4) is 5.75 Å². The summed E-state index contributed by atoms with van der Waals surface area (Å²) < 4.78 is 40.2. The van der Waals surface area contributed by atoms with Crippen LogP contribution in [0.15, 0.2) is 64.6 Å². The highest BCUT2D eigenvalue weighted by molar-refractivity contribution is 7.93. The molecule has 9 heteroatoms. The Morgan fingerprint density at radius 2 is 1.90 bits per heavy atom. The van der Waals surface area contributed by atoms with E-state index in [9.17, 15) is 22.7 Å². The third-order valence-corrected chi connectivity index (χ3v) is 6.47. The number of rotatable bonds is 4. The number of halogens is 1. The maximum Gasteiger partial charge on any atom is 0.265 e. The van der Waals surface area contributed by atoms with Crippen molar-refractivity contribution < 1.29 is 22.7 Å². The largest absolute Gasteiger partial charge is 0.507 e. The second-order valence-electron chi connectivity index (χ2n) is 6.54. The van der Waals surface area contributed by atoms with Crippen LogP contribution >= 0.6 is 0 Å². The molecule has 0 saturated carbocycles. The number of amides is 1. The van der Waals surface area contributed by atoms with E-state index in [2.05, 4.69) is 10.5 Å². The standard InChI is InChI=1S/C20H16FN3O4S/c1-12(15-10-14(21)8-9-17(15)25)22-23-19(26)11-24-16-6-2-4-13-5-3-7-18(20(13)16)29(24,27)28/h2-10,25H,11H2,1H3,(H,23,26)/b22-12+. The fraction of sp³-hybridized carbons (Fsp3) is 0.100. The second-order valence-corrected chi connectivity index (χ2v) is 8.37. The third-order valence-electron chi connectivity index (χ3n) is 4.67. The molecule has 3 aromatic carbocycles. The van der Waals surface area contributed by atoms with Crippen LogP contribution in [0, 0.1) is 5.82 Å². The van der Waals surface area contributed by atoms with Crippen molar-refractivity contribution in [2.45, 2.75) is 11.8 Å². The van der Waals surface area contributed by atoms with E-state index in [1.807, 2.05) is 0 Å². The summed E-state index contributed by atoms with van der Waals surface area (Å²) in [6.07, 6.45) is 0. The van der Waals surface area contributed by atoms with Gasteiger partial charge in [0.2, 0.25) is 0 Å². The topological polar surface area (TPSA) is 99.1 Å². The normalized spacial score (nSPS) is 15.0. The highest BCUT2D eigenvalue weighted by Gasteiger charge is 2.36. The van der Waals surface area contributed by atoms with Crippen LogP contribution in [0.4, 0.5) is 10.1 Å². The predicted octanol–water partition coefficient (Wildman–Crippen LogP) is 2.73. The molecule has 29 heavy (non-hydrogen) atoms. The molecule has 0 aromatic heterocycles. The summed E-state index contributed by atoms with van der Waals surface area (Å²) in [7, 11) is -3.86. The van der Waals surface area contributed by atoms with Gasteiger partial charge in [0.1, 0.15) is 18.1 Å². The van der Waals surface area contributed by atoms with Crippen LogP contribution in [0.3, 0.4) is 0 Å². The molecule has 0 radical (unpaired) electrons. The summed E-state index contributed by atoms with van der Waals surface area (Å²) in [5, 5.41) is 15.0. The highest BCUT2D eigenvalue weighted by Crippen LogP contribution is 2.41. The predicted molar refractivity (Wildman–Crippen MR) is 107 cm³/mol. The number of aromatic hydroxyl groups is 1. The number of carbonyl (C=O) groups is 1. The summed E-state index contributed by atoms with van der Waals surface area (Å²) in [5.74, 6) is -1.42. The number of phenols is 1. The van der Waals surface area contributed by atoms with Crippen LogP contribution < -0.4 is 9.73 Å². The van der Waals surface area contributed by atoms with Crippen molar-refractivity contribution in [2.75, 3.05) is 10.8 Å². The Bertz CT molecular complexity index is 1280. The molecular weight excluding hydrogens is 397 g/mol. The molecule has 4 rings (SSSR count). The van der Waals surface area contributed by atoms with E-state index >= 15 is 0 Å². The first kappa shape index (κ1) is 18.9. The number of hydrogen-bond donors (Lipinski definition) is 2. The molecular formula is C20H16FN3O4S. The maximum atomic E-state index is 13.4. The third kappa shape index (κ3) is 3.19. The Morgan fingerprint density at radius 1 is 1.17 bits per heavy atom. The molecule has 1 aliphatic rings. The molecule has 0 saturated heterocycles. The van der Waals surface area contributed by atoms with Crippen molar-refractivity contribution in [3.63, 3.8) is 0 Å². The molecule has 0 fully saturated rings. The molecule has 0 spiro atoms. The Morgan fingerprint density at radius 3 is 2.66 bits per heavy atom. The van der Waals surface area contributed by atoms with Gasteiger partial charge in [0.15, 0.2) is 0 Å². The van der Waals surface area contributed by atoms with Gasteiger partial charge in [-0.1, -0.05) is 24.3 Å². The number of hydrogen-bond acceptors (Lipinski definition) is 5. The Balaban J connectivity index is 1.58. The van der Waals surface area contributed by atoms with E-state index in [0.717, 1.165) is 21.8 Å². The zero-order valence-electron chi connectivity index (χ0n) is 15.3. The van der Waals surface area contributed by atoms with E-state index in [0.29, 0.717) is 11.1 Å². The van der Waals surface area contributed by atoms with Gasteiger partial charge in [-0.05, 0) is 42.6 Å². The summed E-state index contributed by atoms with van der Waals surface area (Å²) >= 11 is 0. The van der Waals surface area contributed by atoms with Crippen molar-refractivity contribution in [2.24, 2.45) is 5.10 Å². The average molecular weight is 413 g/mol. The molecule has 0 bridgehead atoms. The summed E-state index contributed by atoms with van der Waals surface area (Å²) in [6, 6.07) is 13.5. The Labute approximate surface area is 166 Å². The molecule has 148 valence electrons. The zero-order chi connectivity index (χ0) is 20.8. The number of nitrogens with zero attached hydrogens (tertiary/aromatic N) is 2. The van der Waals surface area contributed by atoms with Gasteiger partial charge in [-0.2, -0.15) is 5.10 Å². The molecule has 0 unspecified atom stereocenters. The maximum absolute atomic E-state index is 13.4. The van der Waals surface area contributed by atoms with Crippen LogP contribution in [0.5, 0.6) is 5.75 Å². The van der Waals surface area contributed by atoms with Crippen molar-refractivity contribution in [3.05, 3.63) is 66.0 Å². The molecule has 0 aliphatic carbocycles. The molecule has 2 N–H and O–H groups in total. The van der Waals surface area contributed by atoms with Crippen molar-refractivity contribution in [1.82, 2.24) is 5.43 Å². The number of carbonyl (C=O) groups excluding carboxylic acids is 1. The summed E-state index contributed by atoms with van der Waals surface area (Å²) in [4.78, 5) is 12.5. The number of nitrogens with one attached hydrogen (secondary N) is 1. The average Bonchev–Trinajstić information content (AvgIpc) is 2.91. The quantitative estimate of drug-likeness (QED) is 0.507. The minimum atomic E-state index is -3.86.